The third-order valence-electron chi connectivity index (χ3n) is 15.3. The second kappa shape index (κ2) is 7.43. The van der Waals surface area contributed by atoms with E-state index in [1.54, 1.807) is 22.3 Å². The smallest absolute Gasteiger partial charge is 0.138 e. The summed E-state index contributed by atoms with van der Waals surface area (Å²) in [6.45, 7) is 9.41. The molecule has 2 aliphatic carbocycles. The maximum absolute atomic E-state index is 7.78. The van der Waals surface area contributed by atoms with Crippen LogP contribution in [0.4, 0.5) is 11.4 Å². The molecule has 8 aliphatic heterocycles. The first kappa shape index (κ1) is 23.7. The van der Waals surface area contributed by atoms with E-state index in [0.29, 0.717) is 47.8 Å². The summed E-state index contributed by atoms with van der Waals surface area (Å²) in [5.74, 6) is 2.16. The summed E-state index contributed by atoms with van der Waals surface area (Å²) in [5.41, 5.74) is 10.2. The van der Waals surface area contributed by atoms with Gasteiger partial charge in [-0.2, -0.15) is 0 Å². The minimum absolute atomic E-state index is 0.147. The molecular formula is C38H42N4O. The van der Waals surface area contributed by atoms with Gasteiger partial charge in [-0.25, -0.2) is 0 Å². The number of rotatable bonds is 0. The second-order valence-electron chi connectivity index (χ2n) is 15.8. The van der Waals surface area contributed by atoms with Crippen molar-refractivity contribution < 1.29 is 4.74 Å². The Morgan fingerprint density at radius 1 is 0.674 bits per heavy atom. The molecule has 12 atom stereocenters. The van der Waals surface area contributed by atoms with Crippen LogP contribution < -0.4 is 9.80 Å². The van der Waals surface area contributed by atoms with Gasteiger partial charge in [-0.05, 0) is 87.7 Å². The van der Waals surface area contributed by atoms with Gasteiger partial charge >= 0.3 is 0 Å². The molecule has 8 fully saturated rings. The number of nitrogens with zero attached hydrogens (tertiary/aromatic N) is 4. The van der Waals surface area contributed by atoms with E-state index in [1.165, 1.54) is 50.1 Å². The molecule has 8 heterocycles. The van der Waals surface area contributed by atoms with E-state index in [4.69, 9.17) is 4.74 Å². The van der Waals surface area contributed by atoms with Crippen LogP contribution in [0.5, 0.6) is 0 Å². The Labute approximate surface area is 255 Å². The zero-order chi connectivity index (χ0) is 28.0. The first-order chi connectivity index (χ1) is 21.2. The van der Waals surface area contributed by atoms with Gasteiger partial charge in [0.25, 0.3) is 0 Å². The Bertz CT molecular complexity index is 1560. The topological polar surface area (TPSA) is 22.2 Å². The summed E-state index contributed by atoms with van der Waals surface area (Å²) in [7, 11) is 0. The predicted octanol–water partition coefficient (Wildman–Crippen LogP) is 5.28. The predicted molar refractivity (Wildman–Crippen MR) is 168 cm³/mol. The molecule has 5 nitrogen and oxygen atoms in total. The number of fused-ring (bicyclic) bond motifs is 14. The fourth-order valence-electron chi connectivity index (χ4n) is 14.2. The van der Waals surface area contributed by atoms with Gasteiger partial charge in [-0.3, -0.25) is 9.80 Å². The lowest BCUT2D eigenvalue weighted by atomic mass is 9.51. The van der Waals surface area contributed by atoms with Crippen LogP contribution in [0, 0.1) is 23.7 Å². The van der Waals surface area contributed by atoms with Crippen LogP contribution in [-0.2, 0) is 15.6 Å². The minimum Gasteiger partial charge on any atom is -0.341 e. The van der Waals surface area contributed by atoms with E-state index in [2.05, 4.69) is 94.1 Å². The molecule has 2 spiro atoms. The Kier molecular flexibility index (Phi) is 4.10. The highest BCUT2D eigenvalue weighted by Crippen LogP contribution is 2.72. The quantitative estimate of drug-likeness (QED) is 0.401. The number of hydrogen-bond acceptors (Lipinski definition) is 5. The van der Waals surface area contributed by atoms with E-state index >= 15 is 0 Å². The highest BCUT2D eigenvalue weighted by molar-refractivity contribution is 5.73. The molecule has 5 heteroatoms. The highest BCUT2D eigenvalue weighted by atomic mass is 16.5. The Balaban J connectivity index is 1.16. The zero-order valence-corrected chi connectivity index (χ0v) is 25.4. The van der Waals surface area contributed by atoms with Gasteiger partial charge in [0.05, 0.1) is 12.1 Å². The molecular weight excluding hydrogens is 528 g/mol. The average molecular weight is 571 g/mol. The normalized spacial score (nSPS) is 50.7. The van der Waals surface area contributed by atoms with Crippen LogP contribution in [0.15, 0.2) is 71.8 Å². The fourth-order valence-corrected chi connectivity index (χ4v) is 14.2. The number of para-hydroxylation sites is 2. The van der Waals surface area contributed by atoms with Crippen LogP contribution in [0.25, 0.3) is 0 Å². The largest absolute Gasteiger partial charge is 0.341 e. The molecule has 6 saturated heterocycles. The van der Waals surface area contributed by atoms with Crippen LogP contribution in [0.3, 0.4) is 0 Å². The van der Waals surface area contributed by atoms with Crippen molar-refractivity contribution in [3.8, 4) is 0 Å². The number of benzene rings is 2. The zero-order valence-electron chi connectivity index (χ0n) is 25.4. The van der Waals surface area contributed by atoms with Crippen molar-refractivity contribution in [1.82, 2.24) is 9.80 Å². The number of ether oxygens (including phenoxy) is 1. The standard InChI is InChI=1S/C38H42N4O/c1-3-21-19-39-15-13-37-25-9-5-7-11-27(25)41-33(37)31(23(21)17-29(37)39)35-42-28-12-8-6-10-26(28)38-14-16-40-20-22(4-2)24(18-30(38)40)32(34(38)42)36(41)43-35/h3-12,23-24,29-36H,13-20H2,1-2H3/t23-,24-,29-,30-,31-,32-,33-,34-,35+,36+,37+,38+/m0/s1. The summed E-state index contributed by atoms with van der Waals surface area (Å²) in [5, 5.41) is 0. The number of hydrogen-bond donors (Lipinski definition) is 0. The monoisotopic (exact) mass is 570 g/mol. The van der Waals surface area contributed by atoms with Gasteiger partial charge in [0.1, 0.15) is 12.5 Å². The van der Waals surface area contributed by atoms with E-state index in [0.717, 1.165) is 13.1 Å². The summed E-state index contributed by atoms with van der Waals surface area (Å²) in [4.78, 5) is 11.7. The molecule has 10 aliphatic rings. The first-order valence-corrected chi connectivity index (χ1v) is 17.4. The molecule has 0 unspecified atom stereocenters. The molecule has 0 aromatic heterocycles. The van der Waals surface area contributed by atoms with E-state index in [9.17, 15) is 0 Å². The first-order valence-electron chi connectivity index (χ1n) is 17.4. The lowest BCUT2D eigenvalue weighted by Gasteiger charge is -2.69. The number of anilines is 2. The molecule has 12 rings (SSSR count). The Morgan fingerprint density at radius 3 is 1.60 bits per heavy atom. The molecule has 0 amide bonds. The minimum atomic E-state index is 0.147. The average Bonchev–Trinajstić information content (AvgIpc) is 3.80. The molecule has 0 N–H and O–H groups in total. The van der Waals surface area contributed by atoms with Gasteiger partial charge in [-0.1, -0.05) is 59.7 Å². The van der Waals surface area contributed by atoms with Crippen molar-refractivity contribution in [3.63, 3.8) is 0 Å². The number of allylic oxidation sites excluding steroid dienone is 2. The van der Waals surface area contributed by atoms with Gasteiger partial charge in [0.2, 0.25) is 0 Å². The third-order valence-corrected chi connectivity index (χ3v) is 15.3. The van der Waals surface area contributed by atoms with E-state index in [-0.39, 0.29) is 23.3 Å². The van der Waals surface area contributed by atoms with Crippen molar-refractivity contribution in [3.05, 3.63) is 83.0 Å². The van der Waals surface area contributed by atoms with E-state index < -0.39 is 0 Å². The van der Waals surface area contributed by atoms with Gasteiger partial charge in [0, 0.05) is 59.2 Å². The van der Waals surface area contributed by atoms with Gasteiger partial charge in [-0.15, -0.1) is 0 Å². The summed E-state index contributed by atoms with van der Waals surface area (Å²) < 4.78 is 7.78. The molecule has 2 saturated carbocycles. The summed E-state index contributed by atoms with van der Waals surface area (Å²) in [6, 6.07) is 21.7. The lowest BCUT2D eigenvalue weighted by Crippen LogP contribution is -2.81. The van der Waals surface area contributed by atoms with Crippen molar-refractivity contribution >= 4 is 11.4 Å². The fraction of sp³-hybridized carbons (Fsp3) is 0.579. The van der Waals surface area contributed by atoms with Crippen molar-refractivity contribution in [1.29, 1.82) is 0 Å². The van der Waals surface area contributed by atoms with Gasteiger partial charge in [0.15, 0.2) is 0 Å². The third kappa shape index (κ3) is 2.28. The summed E-state index contributed by atoms with van der Waals surface area (Å²) >= 11 is 0. The maximum atomic E-state index is 7.78. The van der Waals surface area contributed by atoms with Crippen LogP contribution in [0.2, 0.25) is 0 Å². The molecule has 2 aromatic carbocycles. The molecule has 220 valence electrons. The van der Waals surface area contributed by atoms with Crippen molar-refractivity contribution in [2.75, 3.05) is 36.0 Å². The van der Waals surface area contributed by atoms with Crippen molar-refractivity contribution in [2.45, 2.75) is 87.0 Å². The molecule has 43 heavy (non-hydrogen) atoms. The summed E-state index contributed by atoms with van der Waals surface area (Å²) in [6.07, 6.45) is 10.5. The Morgan fingerprint density at radius 2 is 1.14 bits per heavy atom. The van der Waals surface area contributed by atoms with Crippen LogP contribution in [-0.4, -0.2) is 72.6 Å². The van der Waals surface area contributed by atoms with Crippen molar-refractivity contribution in [2.24, 2.45) is 23.7 Å². The lowest BCUT2D eigenvalue weighted by molar-refractivity contribution is -0.198. The van der Waals surface area contributed by atoms with Crippen LogP contribution in [0.1, 0.15) is 50.7 Å². The molecule has 0 radical (unpaired) electrons. The molecule has 6 bridgehead atoms. The maximum Gasteiger partial charge on any atom is 0.138 e. The van der Waals surface area contributed by atoms with Crippen LogP contribution >= 0.6 is 0 Å². The van der Waals surface area contributed by atoms with E-state index in [1.807, 2.05) is 0 Å². The second-order valence-corrected chi connectivity index (χ2v) is 15.8. The molecule has 2 aromatic rings. The number of piperidine rings is 2. The Hall–Kier alpha value is -2.60. The van der Waals surface area contributed by atoms with Gasteiger partial charge < -0.3 is 14.5 Å². The SMILES string of the molecule is CC=C1CN2CC[C@]34c5ccccc5N5[C@@H]6O[C@H]([C@H]([C@H]53)[C@H]1C[C@H]24)N1c2ccccc2[C@]23CCN4CC(=CC)[C@H](C[C@H]42)[C@H]6[C@H]13. The highest BCUT2D eigenvalue weighted by Gasteiger charge is 2.78.